The van der Waals surface area contributed by atoms with Gasteiger partial charge in [-0.3, -0.25) is 4.79 Å². The lowest BCUT2D eigenvalue weighted by Gasteiger charge is -2.42. The molecule has 300 valence electrons. The molecule has 2 saturated heterocycles. The van der Waals surface area contributed by atoms with Crippen molar-refractivity contribution in [1.29, 1.82) is 0 Å². The second-order valence-electron chi connectivity index (χ2n) is 13.8. The summed E-state index contributed by atoms with van der Waals surface area (Å²) in [6, 6.07) is 0. The van der Waals surface area contributed by atoms with Crippen LogP contribution in [0.4, 0.5) is 0 Å². The van der Waals surface area contributed by atoms with Crippen LogP contribution in [0.15, 0.2) is 12.2 Å². The van der Waals surface area contributed by atoms with Crippen LogP contribution in [0.5, 0.6) is 0 Å². The summed E-state index contributed by atoms with van der Waals surface area (Å²) in [5, 5.41) is 71.2. The number of carbonyl (C=O) groups excluding carboxylic acids is 1. The van der Waals surface area contributed by atoms with Gasteiger partial charge in [0, 0.05) is 13.0 Å². The molecule has 2 aliphatic rings. The number of unbranched alkanes of at least 4 members (excludes halogenated alkanes) is 12. The Labute approximate surface area is 304 Å². The van der Waals surface area contributed by atoms with E-state index in [1.54, 1.807) is 0 Å². The van der Waals surface area contributed by atoms with Gasteiger partial charge in [0.1, 0.15) is 54.9 Å². The van der Waals surface area contributed by atoms with Crippen LogP contribution in [0.1, 0.15) is 117 Å². The van der Waals surface area contributed by atoms with Crippen molar-refractivity contribution in [1.82, 2.24) is 0 Å². The van der Waals surface area contributed by atoms with Gasteiger partial charge < -0.3 is 64.2 Å². The number of hydrogen-bond acceptors (Lipinski definition) is 14. The van der Waals surface area contributed by atoms with Crippen molar-refractivity contribution in [3.05, 3.63) is 12.2 Å². The molecular formula is C37H68O14. The summed E-state index contributed by atoms with van der Waals surface area (Å²) in [6.45, 7) is 3.37. The maximum Gasteiger partial charge on any atom is 0.306 e. The molecule has 0 saturated carbocycles. The highest BCUT2D eigenvalue weighted by atomic mass is 16.7. The van der Waals surface area contributed by atoms with E-state index in [-0.39, 0.29) is 19.6 Å². The Kier molecular flexibility index (Phi) is 24.6. The summed E-state index contributed by atoms with van der Waals surface area (Å²) >= 11 is 0. The molecule has 0 aromatic heterocycles. The van der Waals surface area contributed by atoms with Crippen molar-refractivity contribution in [2.45, 2.75) is 184 Å². The van der Waals surface area contributed by atoms with Crippen LogP contribution in [0.25, 0.3) is 0 Å². The van der Waals surface area contributed by atoms with E-state index in [0.29, 0.717) is 13.0 Å². The van der Waals surface area contributed by atoms with Crippen molar-refractivity contribution in [3.8, 4) is 0 Å². The standard InChI is InChI=1S/C37H68O14/c1-3-5-7-8-9-10-11-12-13-14-15-16-17-18-19-21-46-23-26(49-29(39)20-6-4-2)24-47-36-35(45)33(43)31(41)28(51-36)25-48-37-34(44)32(42)30(40)27(22-38)50-37/h11-12,26-28,30-38,40-45H,3-10,13-25H2,1-2H3/b12-11-. The van der Waals surface area contributed by atoms with Crippen LogP contribution in [-0.4, -0.2) is 142 Å². The Balaban J connectivity index is 1.74. The predicted octanol–water partition coefficient (Wildman–Crippen LogP) is 2.39. The molecule has 0 aromatic carbocycles. The number of hydrogen-bond donors (Lipinski definition) is 7. The molecule has 0 radical (unpaired) electrons. The van der Waals surface area contributed by atoms with Gasteiger partial charge in [0.05, 0.1) is 26.4 Å². The molecule has 11 unspecified atom stereocenters. The molecule has 2 heterocycles. The minimum atomic E-state index is -1.70. The highest BCUT2D eigenvalue weighted by molar-refractivity contribution is 5.69. The fourth-order valence-electron chi connectivity index (χ4n) is 5.96. The number of esters is 1. The number of allylic oxidation sites excluding steroid dienone is 2. The minimum absolute atomic E-state index is 0.0560. The number of ether oxygens (including phenoxy) is 6. The van der Waals surface area contributed by atoms with Gasteiger partial charge in [0.15, 0.2) is 12.6 Å². The fraction of sp³-hybridized carbons (Fsp3) is 0.919. The Bertz CT molecular complexity index is 907. The smallest absolute Gasteiger partial charge is 0.306 e. The predicted molar refractivity (Wildman–Crippen MR) is 187 cm³/mol. The molecule has 2 aliphatic heterocycles. The van der Waals surface area contributed by atoms with Gasteiger partial charge in [-0.1, -0.05) is 83.8 Å². The van der Waals surface area contributed by atoms with Crippen molar-refractivity contribution in [2.24, 2.45) is 0 Å². The van der Waals surface area contributed by atoms with Gasteiger partial charge in [0.2, 0.25) is 0 Å². The number of rotatable bonds is 28. The van der Waals surface area contributed by atoms with Crippen LogP contribution >= 0.6 is 0 Å². The van der Waals surface area contributed by atoms with E-state index in [4.69, 9.17) is 28.4 Å². The van der Waals surface area contributed by atoms with Gasteiger partial charge in [-0.2, -0.15) is 0 Å². The number of aliphatic hydroxyl groups excluding tert-OH is 7. The van der Waals surface area contributed by atoms with Crippen LogP contribution < -0.4 is 0 Å². The monoisotopic (exact) mass is 736 g/mol. The van der Waals surface area contributed by atoms with E-state index in [1.165, 1.54) is 57.8 Å². The summed E-state index contributed by atoms with van der Waals surface area (Å²) in [5.74, 6) is -0.415. The SMILES string of the molecule is CCCCCCC/C=C\CCCCCCCCOCC(COC1OC(COC2OC(CO)C(O)C(O)C2O)C(O)C(O)C1O)OC(=O)CCCC. The van der Waals surface area contributed by atoms with E-state index in [1.807, 2.05) is 6.92 Å². The van der Waals surface area contributed by atoms with Gasteiger partial charge in [0.25, 0.3) is 0 Å². The maximum atomic E-state index is 12.4. The lowest BCUT2D eigenvalue weighted by Crippen LogP contribution is -2.61. The van der Waals surface area contributed by atoms with E-state index in [0.717, 1.165) is 32.1 Å². The van der Waals surface area contributed by atoms with Crippen LogP contribution in [-0.2, 0) is 33.2 Å². The molecule has 7 N–H and O–H groups in total. The first-order valence-corrected chi connectivity index (χ1v) is 19.3. The Hall–Kier alpha value is -1.27. The Morgan fingerprint density at radius 2 is 1.16 bits per heavy atom. The second kappa shape index (κ2) is 27.3. The van der Waals surface area contributed by atoms with Crippen LogP contribution in [0.3, 0.4) is 0 Å². The lowest BCUT2D eigenvalue weighted by atomic mass is 9.98. The normalized spacial score (nSPS) is 30.5. The third-order valence-electron chi connectivity index (χ3n) is 9.27. The third kappa shape index (κ3) is 17.6. The maximum absolute atomic E-state index is 12.4. The summed E-state index contributed by atoms with van der Waals surface area (Å²) in [7, 11) is 0. The molecule has 0 spiro atoms. The summed E-state index contributed by atoms with van der Waals surface area (Å²) in [6.07, 6.45) is 5.70. The zero-order valence-corrected chi connectivity index (χ0v) is 30.8. The molecule has 2 rings (SSSR count). The topological polar surface area (TPSA) is 214 Å². The largest absolute Gasteiger partial charge is 0.457 e. The molecule has 11 atom stereocenters. The highest BCUT2D eigenvalue weighted by Gasteiger charge is 2.47. The first-order chi connectivity index (χ1) is 24.6. The first-order valence-electron chi connectivity index (χ1n) is 19.3. The van der Waals surface area contributed by atoms with E-state index in [9.17, 15) is 40.5 Å². The molecule has 2 fully saturated rings. The summed E-state index contributed by atoms with van der Waals surface area (Å²) in [5.41, 5.74) is 0. The van der Waals surface area contributed by atoms with Gasteiger partial charge in [-0.25, -0.2) is 0 Å². The molecule has 0 bridgehead atoms. The van der Waals surface area contributed by atoms with Crippen LogP contribution in [0.2, 0.25) is 0 Å². The quantitative estimate of drug-likeness (QED) is 0.0349. The van der Waals surface area contributed by atoms with E-state index >= 15 is 0 Å². The minimum Gasteiger partial charge on any atom is -0.457 e. The average molecular weight is 737 g/mol. The van der Waals surface area contributed by atoms with Gasteiger partial charge >= 0.3 is 5.97 Å². The lowest BCUT2D eigenvalue weighted by molar-refractivity contribution is -0.332. The van der Waals surface area contributed by atoms with Crippen molar-refractivity contribution < 1.29 is 69.0 Å². The molecule has 0 amide bonds. The van der Waals surface area contributed by atoms with Gasteiger partial charge in [-0.15, -0.1) is 0 Å². The van der Waals surface area contributed by atoms with E-state index in [2.05, 4.69) is 19.1 Å². The molecular weight excluding hydrogens is 668 g/mol. The van der Waals surface area contributed by atoms with Crippen molar-refractivity contribution in [2.75, 3.05) is 33.0 Å². The molecule has 14 nitrogen and oxygen atoms in total. The Morgan fingerprint density at radius 1 is 0.627 bits per heavy atom. The molecule has 51 heavy (non-hydrogen) atoms. The Morgan fingerprint density at radius 3 is 1.76 bits per heavy atom. The summed E-state index contributed by atoms with van der Waals surface area (Å²) in [4.78, 5) is 12.4. The average Bonchev–Trinajstić information content (AvgIpc) is 3.13. The molecule has 0 aromatic rings. The van der Waals surface area contributed by atoms with Crippen molar-refractivity contribution >= 4 is 5.97 Å². The summed E-state index contributed by atoms with van der Waals surface area (Å²) < 4.78 is 33.6. The van der Waals surface area contributed by atoms with Crippen molar-refractivity contribution in [3.63, 3.8) is 0 Å². The van der Waals surface area contributed by atoms with Gasteiger partial charge in [-0.05, 0) is 38.5 Å². The highest BCUT2D eigenvalue weighted by Crippen LogP contribution is 2.26. The third-order valence-corrected chi connectivity index (χ3v) is 9.27. The number of aliphatic hydroxyl groups is 7. The van der Waals surface area contributed by atoms with Crippen LogP contribution in [0, 0.1) is 0 Å². The molecule has 14 heteroatoms. The number of carbonyl (C=O) groups is 1. The second-order valence-corrected chi connectivity index (χ2v) is 13.8. The zero-order valence-electron chi connectivity index (χ0n) is 30.8. The van der Waals surface area contributed by atoms with E-state index < -0.39 is 86.7 Å². The first kappa shape index (κ1) is 45.9. The fourth-order valence-corrected chi connectivity index (χ4v) is 5.96. The zero-order chi connectivity index (χ0) is 37.4. The molecule has 0 aliphatic carbocycles.